The first kappa shape index (κ1) is 14.3. The number of furan rings is 1. The summed E-state index contributed by atoms with van der Waals surface area (Å²) in [5, 5.41) is 25.5. The first-order valence-corrected chi connectivity index (χ1v) is 6.84. The molecule has 1 amide bonds. The number of H-pyrrole nitrogens is 1. The van der Waals surface area contributed by atoms with Crippen LogP contribution >= 0.6 is 0 Å². The third-order valence-electron chi connectivity index (χ3n) is 3.86. The van der Waals surface area contributed by atoms with Crippen LogP contribution in [0.1, 0.15) is 23.3 Å². The van der Waals surface area contributed by atoms with Crippen LogP contribution in [0.3, 0.4) is 0 Å². The maximum absolute atomic E-state index is 12.3. The Labute approximate surface area is 125 Å². The van der Waals surface area contributed by atoms with Crippen molar-refractivity contribution >= 4 is 11.9 Å². The van der Waals surface area contributed by atoms with Crippen LogP contribution in [0, 0.1) is 0 Å². The van der Waals surface area contributed by atoms with E-state index in [1.54, 1.807) is 18.2 Å². The summed E-state index contributed by atoms with van der Waals surface area (Å²) in [5.74, 6) is -0.980. The number of nitrogens with one attached hydrogen (secondary N) is 1. The van der Waals surface area contributed by atoms with Gasteiger partial charge < -0.3 is 19.5 Å². The third kappa shape index (κ3) is 2.48. The lowest BCUT2D eigenvalue weighted by Crippen LogP contribution is -2.50. The Hall–Kier alpha value is -2.61. The van der Waals surface area contributed by atoms with Gasteiger partial charge in [0.25, 0.3) is 5.91 Å². The molecule has 0 aromatic carbocycles. The Morgan fingerprint density at radius 2 is 2.09 bits per heavy atom. The second-order valence-electron chi connectivity index (χ2n) is 5.27. The van der Waals surface area contributed by atoms with Crippen LogP contribution in [-0.4, -0.2) is 55.9 Å². The minimum Gasteiger partial charge on any atom is -0.479 e. The van der Waals surface area contributed by atoms with Crippen molar-refractivity contribution in [3.63, 3.8) is 0 Å². The van der Waals surface area contributed by atoms with E-state index in [0.717, 1.165) is 0 Å². The number of carboxylic acid groups (broad SMARTS) is 1. The van der Waals surface area contributed by atoms with E-state index in [1.807, 2.05) is 0 Å². The maximum atomic E-state index is 12.3. The molecule has 3 rings (SSSR count). The number of aliphatic carboxylic acids is 1. The molecule has 2 aromatic rings. The molecule has 3 heterocycles. The molecular weight excluding hydrogens is 290 g/mol. The lowest BCUT2D eigenvalue weighted by atomic mass is 9.91. The topological polar surface area (TPSA) is 120 Å². The fraction of sp³-hybridized carbons (Fsp3) is 0.357. The molecule has 2 aromatic heterocycles. The number of likely N-dealkylation sites (tertiary alicyclic amines) is 1. The number of aliphatic hydroxyl groups is 1. The second kappa shape index (κ2) is 5.30. The van der Waals surface area contributed by atoms with Gasteiger partial charge in [-0.15, -0.1) is 0 Å². The Kier molecular flexibility index (Phi) is 3.45. The zero-order valence-corrected chi connectivity index (χ0v) is 11.7. The van der Waals surface area contributed by atoms with Crippen molar-refractivity contribution in [2.75, 3.05) is 13.1 Å². The highest BCUT2D eigenvalue weighted by atomic mass is 16.4. The molecule has 22 heavy (non-hydrogen) atoms. The summed E-state index contributed by atoms with van der Waals surface area (Å²) in [6.45, 7) is 0.342. The first-order chi connectivity index (χ1) is 10.5. The van der Waals surface area contributed by atoms with Crippen molar-refractivity contribution in [1.82, 2.24) is 15.1 Å². The van der Waals surface area contributed by atoms with E-state index < -0.39 is 11.6 Å². The lowest BCUT2D eigenvalue weighted by molar-refractivity contribution is -0.162. The molecule has 0 unspecified atom stereocenters. The number of aromatic nitrogens is 2. The van der Waals surface area contributed by atoms with Crippen molar-refractivity contribution in [3.8, 4) is 11.5 Å². The number of hydrogen-bond donors (Lipinski definition) is 3. The van der Waals surface area contributed by atoms with Gasteiger partial charge in [0.15, 0.2) is 17.1 Å². The van der Waals surface area contributed by atoms with Crippen LogP contribution < -0.4 is 0 Å². The molecule has 8 nitrogen and oxygen atoms in total. The molecule has 0 saturated carbocycles. The SMILES string of the molecule is O=C(c1cc(-c2ccco2)[nH]n1)N1CCC(O)(C(=O)O)CC1. The fourth-order valence-corrected chi connectivity index (χ4v) is 2.44. The Balaban J connectivity index is 1.69. The molecule has 1 fully saturated rings. The number of carbonyl (C=O) groups excluding carboxylic acids is 1. The Morgan fingerprint density at radius 1 is 1.36 bits per heavy atom. The molecule has 116 valence electrons. The summed E-state index contributed by atoms with van der Waals surface area (Å²) >= 11 is 0. The van der Waals surface area contributed by atoms with E-state index in [2.05, 4.69) is 10.2 Å². The van der Waals surface area contributed by atoms with Crippen molar-refractivity contribution in [3.05, 3.63) is 30.2 Å². The lowest BCUT2D eigenvalue weighted by Gasteiger charge is -2.34. The number of aromatic amines is 1. The van der Waals surface area contributed by atoms with E-state index in [-0.39, 0.29) is 37.5 Å². The largest absolute Gasteiger partial charge is 0.479 e. The monoisotopic (exact) mass is 305 g/mol. The van der Waals surface area contributed by atoms with Crippen LogP contribution in [0.15, 0.2) is 28.9 Å². The molecule has 0 bridgehead atoms. The number of rotatable bonds is 3. The zero-order chi connectivity index (χ0) is 15.7. The van der Waals surface area contributed by atoms with Gasteiger partial charge in [-0.3, -0.25) is 9.89 Å². The quantitative estimate of drug-likeness (QED) is 0.768. The summed E-state index contributed by atoms with van der Waals surface area (Å²) in [6, 6.07) is 5.06. The summed E-state index contributed by atoms with van der Waals surface area (Å²) in [4.78, 5) is 24.8. The summed E-state index contributed by atoms with van der Waals surface area (Å²) < 4.78 is 5.22. The predicted octanol–water partition coefficient (Wildman–Crippen LogP) is 0.721. The van der Waals surface area contributed by atoms with Crippen LogP contribution in [0.5, 0.6) is 0 Å². The number of carbonyl (C=O) groups is 2. The Morgan fingerprint density at radius 3 is 2.68 bits per heavy atom. The molecule has 0 aliphatic carbocycles. The van der Waals surface area contributed by atoms with Gasteiger partial charge in [-0.05, 0) is 12.1 Å². The molecule has 0 atom stereocenters. The predicted molar refractivity (Wildman–Crippen MR) is 74.0 cm³/mol. The Bertz CT molecular complexity index is 683. The summed E-state index contributed by atoms with van der Waals surface area (Å²) in [7, 11) is 0. The molecule has 0 spiro atoms. The van der Waals surface area contributed by atoms with Gasteiger partial charge in [0.1, 0.15) is 5.69 Å². The van der Waals surface area contributed by atoms with Crippen molar-refractivity contribution in [1.29, 1.82) is 0 Å². The van der Waals surface area contributed by atoms with Crippen LogP contribution in [0.2, 0.25) is 0 Å². The number of nitrogens with zero attached hydrogens (tertiary/aromatic N) is 2. The highest BCUT2D eigenvalue weighted by Crippen LogP contribution is 2.24. The van der Waals surface area contributed by atoms with E-state index in [1.165, 1.54) is 11.2 Å². The van der Waals surface area contributed by atoms with E-state index >= 15 is 0 Å². The third-order valence-corrected chi connectivity index (χ3v) is 3.86. The van der Waals surface area contributed by atoms with E-state index in [9.17, 15) is 14.7 Å². The van der Waals surface area contributed by atoms with Gasteiger partial charge in [-0.2, -0.15) is 5.10 Å². The molecule has 8 heteroatoms. The van der Waals surface area contributed by atoms with Gasteiger partial charge in [-0.25, -0.2) is 4.79 Å². The van der Waals surface area contributed by atoms with Crippen LogP contribution in [-0.2, 0) is 4.79 Å². The van der Waals surface area contributed by atoms with E-state index in [0.29, 0.717) is 11.5 Å². The van der Waals surface area contributed by atoms with Gasteiger partial charge in [-0.1, -0.05) is 0 Å². The minimum atomic E-state index is -1.75. The van der Waals surface area contributed by atoms with E-state index in [4.69, 9.17) is 9.52 Å². The highest BCUT2D eigenvalue weighted by molar-refractivity contribution is 5.93. The average molecular weight is 305 g/mol. The van der Waals surface area contributed by atoms with Gasteiger partial charge in [0.05, 0.1) is 6.26 Å². The normalized spacial score (nSPS) is 17.4. The number of hydrogen-bond acceptors (Lipinski definition) is 5. The number of piperidine rings is 1. The van der Waals surface area contributed by atoms with Crippen LogP contribution in [0.25, 0.3) is 11.5 Å². The van der Waals surface area contributed by atoms with Crippen LogP contribution in [0.4, 0.5) is 0 Å². The van der Waals surface area contributed by atoms with Crippen molar-refractivity contribution in [2.45, 2.75) is 18.4 Å². The molecule has 1 aliphatic heterocycles. The summed E-state index contributed by atoms with van der Waals surface area (Å²) in [5.41, 5.74) is -0.929. The summed E-state index contributed by atoms with van der Waals surface area (Å²) in [6.07, 6.45) is 1.53. The molecular formula is C14H15N3O5. The van der Waals surface area contributed by atoms with Gasteiger partial charge in [0.2, 0.25) is 0 Å². The molecule has 0 radical (unpaired) electrons. The fourth-order valence-electron chi connectivity index (χ4n) is 2.44. The highest BCUT2D eigenvalue weighted by Gasteiger charge is 2.40. The number of carboxylic acids is 1. The molecule has 1 aliphatic rings. The standard InChI is InChI=1S/C14H15N3O5/c18-12(17-5-3-14(21,4-6-17)13(19)20)10-8-9(15-16-10)11-2-1-7-22-11/h1-2,7-8,21H,3-6H2,(H,15,16)(H,19,20). The smallest absolute Gasteiger partial charge is 0.335 e. The minimum absolute atomic E-state index is 0.00351. The average Bonchev–Trinajstić information content (AvgIpc) is 3.18. The maximum Gasteiger partial charge on any atom is 0.335 e. The first-order valence-electron chi connectivity index (χ1n) is 6.84. The molecule has 3 N–H and O–H groups in total. The zero-order valence-electron chi connectivity index (χ0n) is 11.7. The van der Waals surface area contributed by atoms with Crippen molar-refractivity contribution < 1.29 is 24.2 Å². The second-order valence-corrected chi connectivity index (χ2v) is 5.27. The van der Waals surface area contributed by atoms with Gasteiger partial charge in [0, 0.05) is 32.0 Å². The van der Waals surface area contributed by atoms with Gasteiger partial charge >= 0.3 is 5.97 Å². The number of amides is 1. The van der Waals surface area contributed by atoms with Crippen molar-refractivity contribution in [2.24, 2.45) is 0 Å². The molecule has 1 saturated heterocycles.